The van der Waals surface area contributed by atoms with E-state index in [1.807, 2.05) is 0 Å². The van der Waals surface area contributed by atoms with Crippen LogP contribution in [0, 0.1) is 23.5 Å². The number of rotatable bonds is 4. The van der Waals surface area contributed by atoms with Crippen LogP contribution in [0.3, 0.4) is 0 Å². The van der Waals surface area contributed by atoms with Crippen molar-refractivity contribution in [1.29, 1.82) is 0 Å². The number of ketones is 1. The van der Waals surface area contributed by atoms with Crippen LogP contribution in [0.1, 0.15) is 11.1 Å². The average molecular weight is 315 g/mol. The summed E-state index contributed by atoms with van der Waals surface area (Å²) in [6.45, 7) is 1.30. The van der Waals surface area contributed by atoms with Crippen LogP contribution in [-0.4, -0.2) is 18.9 Å². The molecule has 1 aliphatic rings. The quantitative estimate of drug-likeness (QED) is 0.939. The van der Waals surface area contributed by atoms with Gasteiger partial charge in [-0.3, -0.25) is 4.79 Å². The van der Waals surface area contributed by atoms with E-state index in [0.717, 1.165) is 11.1 Å². The van der Waals surface area contributed by atoms with E-state index in [0.29, 0.717) is 25.9 Å². The van der Waals surface area contributed by atoms with Crippen molar-refractivity contribution < 1.29 is 13.6 Å². The summed E-state index contributed by atoms with van der Waals surface area (Å²) >= 11 is 0. The van der Waals surface area contributed by atoms with Crippen molar-refractivity contribution >= 4 is 5.78 Å². The third-order valence-corrected chi connectivity index (χ3v) is 4.38. The van der Waals surface area contributed by atoms with E-state index in [9.17, 15) is 13.6 Å². The summed E-state index contributed by atoms with van der Waals surface area (Å²) in [7, 11) is 0. The van der Waals surface area contributed by atoms with Crippen LogP contribution in [0.4, 0.5) is 8.78 Å². The zero-order valence-corrected chi connectivity index (χ0v) is 12.8. The molecule has 0 saturated carbocycles. The number of nitrogens with one attached hydrogen (secondary N) is 1. The molecule has 2 nitrogen and oxygen atoms in total. The third-order valence-electron chi connectivity index (χ3n) is 4.38. The number of hydrogen-bond donors (Lipinski definition) is 1. The van der Waals surface area contributed by atoms with Crippen molar-refractivity contribution in [2.45, 2.75) is 12.8 Å². The highest BCUT2D eigenvalue weighted by molar-refractivity contribution is 5.85. The van der Waals surface area contributed by atoms with Gasteiger partial charge in [-0.2, -0.15) is 0 Å². The van der Waals surface area contributed by atoms with Gasteiger partial charge in [-0.05, 0) is 48.2 Å². The van der Waals surface area contributed by atoms with Gasteiger partial charge >= 0.3 is 0 Å². The van der Waals surface area contributed by atoms with Gasteiger partial charge in [-0.15, -0.1) is 0 Å². The lowest BCUT2D eigenvalue weighted by atomic mass is 9.82. The molecule has 2 aromatic carbocycles. The van der Waals surface area contributed by atoms with E-state index < -0.39 is 0 Å². The number of halogens is 2. The van der Waals surface area contributed by atoms with Crippen LogP contribution in [-0.2, 0) is 17.6 Å². The average Bonchev–Trinajstić information content (AvgIpc) is 2.55. The minimum absolute atomic E-state index is 0.0975. The summed E-state index contributed by atoms with van der Waals surface area (Å²) in [4.78, 5) is 12.7. The van der Waals surface area contributed by atoms with Crippen LogP contribution in [0.25, 0.3) is 0 Å². The van der Waals surface area contributed by atoms with Crippen molar-refractivity contribution in [3.05, 3.63) is 71.3 Å². The van der Waals surface area contributed by atoms with E-state index in [2.05, 4.69) is 5.32 Å². The summed E-state index contributed by atoms with van der Waals surface area (Å²) in [5.74, 6) is -0.496. The summed E-state index contributed by atoms with van der Waals surface area (Å²) in [6.07, 6.45) is 1.23. The molecule has 1 N–H and O–H groups in total. The van der Waals surface area contributed by atoms with Crippen LogP contribution in [0.5, 0.6) is 0 Å². The standard InChI is InChI=1S/C19H19F2NO/c20-17-5-1-13(2-6-17)9-15-11-22-12-16(19(15)23)10-14-3-7-18(21)8-4-14/h1-8,15-16,22H,9-12H2. The molecule has 1 aliphatic heterocycles. The second-order valence-corrected chi connectivity index (χ2v) is 6.12. The minimum atomic E-state index is -0.268. The first-order chi connectivity index (χ1) is 11.1. The largest absolute Gasteiger partial charge is 0.315 e. The van der Waals surface area contributed by atoms with Gasteiger partial charge in [-0.25, -0.2) is 8.78 Å². The molecule has 0 spiro atoms. The van der Waals surface area contributed by atoms with E-state index >= 15 is 0 Å². The molecule has 2 atom stereocenters. The normalized spacial score (nSPS) is 21.4. The summed E-state index contributed by atoms with van der Waals surface area (Å²) in [6, 6.07) is 12.6. The Labute approximate surface area is 134 Å². The fourth-order valence-corrected chi connectivity index (χ4v) is 3.12. The van der Waals surface area contributed by atoms with E-state index in [1.54, 1.807) is 24.3 Å². The molecule has 1 saturated heterocycles. The Bertz CT molecular complexity index is 609. The molecule has 0 aromatic heterocycles. The first-order valence-corrected chi connectivity index (χ1v) is 7.85. The molecule has 0 bridgehead atoms. The molecule has 23 heavy (non-hydrogen) atoms. The lowest BCUT2D eigenvalue weighted by molar-refractivity contribution is -0.128. The van der Waals surface area contributed by atoms with Crippen molar-refractivity contribution in [1.82, 2.24) is 5.32 Å². The van der Waals surface area contributed by atoms with Gasteiger partial charge in [0, 0.05) is 24.9 Å². The Morgan fingerprint density at radius 2 is 1.17 bits per heavy atom. The maximum Gasteiger partial charge on any atom is 0.142 e. The maximum atomic E-state index is 13.0. The van der Waals surface area contributed by atoms with Crippen LogP contribution in [0.2, 0.25) is 0 Å². The highest BCUT2D eigenvalue weighted by Crippen LogP contribution is 2.21. The van der Waals surface area contributed by atoms with Crippen LogP contribution in [0.15, 0.2) is 48.5 Å². The molecular weight excluding hydrogens is 296 g/mol. The highest BCUT2D eigenvalue weighted by Gasteiger charge is 2.31. The third kappa shape index (κ3) is 4.02. The number of hydrogen-bond acceptors (Lipinski definition) is 2. The van der Waals surface area contributed by atoms with Crippen molar-refractivity contribution in [3.63, 3.8) is 0 Å². The maximum absolute atomic E-state index is 13.0. The Balaban J connectivity index is 1.65. The van der Waals surface area contributed by atoms with Crippen molar-refractivity contribution in [2.75, 3.05) is 13.1 Å². The van der Waals surface area contributed by atoms with Gasteiger partial charge in [0.25, 0.3) is 0 Å². The predicted octanol–water partition coefficient (Wildman–Crippen LogP) is 3.15. The van der Waals surface area contributed by atoms with Gasteiger partial charge < -0.3 is 5.32 Å². The van der Waals surface area contributed by atoms with Crippen molar-refractivity contribution in [3.8, 4) is 0 Å². The van der Waals surface area contributed by atoms with E-state index in [4.69, 9.17) is 0 Å². The number of Topliss-reactive ketones (excluding diaryl/α,β-unsaturated/α-hetero) is 1. The molecule has 4 heteroatoms. The summed E-state index contributed by atoms with van der Waals surface area (Å²) < 4.78 is 25.9. The van der Waals surface area contributed by atoms with Crippen LogP contribution >= 0.6 is 0 Å². The first kappa shape index (κ1) is 15.8. The van der Waals surface area contributed by atoms with E-state index in [1.165, 1.54) is 24.3 Å². The van der Waals surface area contributed by atoms with Gasteiger partial charge in [0.15, 0.2) is 0 Å². The first-order valence-electron chi connectivity index (χ1n) is 7.85. The van der Waals surface area contributed by atoms with Crippen LogP contribution < -0.4 is 5.32 Å². The molecule has 2 aromatic rings. The zero-order valence-electron chi connectivity index (χ0n) is 12.8. The minimum Gasteiger partial charge on any atom is -0.315 e. The molecule has 1 heterocycles. The Morgan fingerprint density at radius 1 is 0.783 bits per heavy atom. The Hall–Kier alpha value is -2.07. The van der Waals surface area contributed by atoms with Gasteiger partial charge in [-0.1, -0.05) is 24.3 Å². The fourth-order valence-electron chi connectivity index (χ4n) is 3.12. The monoisotopic (exact) mass is 315 g/mol. The number of carbonyl (C=O) groups excluding carboxylic acids is 1. The molecule has 120 valence electrons. The summed E-state index contributed by atoms with van der Waals surface area (Å²) in [5, 5.41) is 3.31. The molecule has 3 rings (SSSR count). The second-order valence-electron chi connectivity index (χ2n) is 6.12. The molecule has 0 radical (unpaired) electrons. The Morgan fingerprint density at radius 3 is 1.57 bits per heavy atom. The molecule has 1 fully saturated rings. The lowest BCUT2D eigenvalue weighted by Crippen LogP contribution is -2.45. The lowest BCUT2D eigenvalue weighted by Gasteiger charge is -2.29. The molecular formula is C19H19F2NO. The highest BCUT2D eigenvalue weighted by atomic mass is 19.1. The smallest absolute Gasteiger partial charge is 0.142 e. The van der Waals surface area contributed by atoms with Gasteiger partial charge in [0.05, 0.1) is 0 Å². The van der Waals surface area contributed by atoms with E-state index in [-0.39, 0.29) is 29.3 Å². The van der Waals surface area contributed by atoms with Crippen molar-refractivity contribution in [2.24, 2.45) is 11.8 Å². The number of piperidine rings is 1. The molecule has 2 unspecified atom stereocenters. The molecule has 0 amide bonds. The van der Waals surface area contributed by atoms with Gasteiger partial charge in [0.2, 0.25) is 0 Å². The number of benzene rings is 2. The predicted molar refractivity (Wildman–Crippen MR) is 85.1 cm³/mol. The number of carbonyl (C=O) groups is 1. The zero-order chi connectivity index (χ0) is 16.2. The van der Waals surface area contributed by atoms with Gasteiger partial charge in [0.1, 0.15) is 17.4 Å². The molecule has 0 aliphatic carbocycles. The topological polar surface area (TPSA) is 29.1 Å². The second kappa shape index (κ2) is 7.01. The SMILES string of the molecule is O=C1C(Cc2ccc(F)cc2)CNCC1Cc1ccc(F)cc1. The summed E-state index contributed by atoms with van der Waals surface area (Å²) in [5.41, 5.74) is 1.93. The fraction of sp³-hybridized carbons (Fsp3) is 0.316. The Kier molecular flexibility index (Phi) is 4.82.